The molecule has 0 radical (unpaired) electrons. The van der Waals surface area contributed by atoms with Crippen LogP contribution in [-0.4, -0.2) is 38.0 Å². The fourth-order valence-electron chi connectivity index (χ4n) is 2.96. The predicted molar refractivity (Wildman–Crippen MR) is 73.8 cm³/mol. The Morgan fingerprint density at radius 3 is 2.72 bits per heavy atom. The fraction of sp³-hybridized carbons (Fsp3) is 1.00. The Balaban J connectivity index is 1.60. The molecule has 3 nitrogen and oxygen atoms in total. The molecule has 0 amide bonds. The summed E-state index contributed by atoms with van der Waals surface area (Å²) >= 11 is 0. The van der Waals surface area contributed by atoms with Crippen LogP contribution in [-0.2, 0) is 9.47 Å². The molecule has 0 aromatic rings. The van der Waals surface area contributed by atoms with Gasteiger partial charge in [-0.25, -0.2) is 0 Å². The molecule has 0 spiro atoms. The van der Waals surface area contributed by atoms with Crippen molar-refractivity contribution in [2.45, 2.75) is 70.6 Å². The normalized spacial score (nSPS) is 33.8. The van der Waals surface area contributed by atoms with Gasteiger partial charge in [0, 0.05) is 19.3 Å². The Hall–Kier alpha value is -0.120. The number of ether oxygens (including phenoxy) is 2. The highest BCUT2D eigenvalue weighted by atomic mass is 16.5. The van der Waals surface area contributed by atoms with Crippen molar-refractivity contribution < 1.29 is 9.47 Å². The van der Waals surface area contributed by atoms with E-state index in [1.807, 2.05) is 0 Å². The van der Waals surface area contributed by atoms with E-state index in [-0.39, 0.29) is 0 Å². The molecule has 3 atom stereocenters. The van der Waals surface area contributed by atoms with Gasteiger partial charge in [-0.05, 0) is 51.0 Å². The lowest BCUT2D eigenvalue weighted by Gasteiger charge is -2.33. The van der Waals surface area contributed by atoms with Crippen molar-refractivity contribution in [3.63, 3.8) is 0 Å². The van der Waals surface area contributed by atoms with Crippen LogP contribution in [0.3, 0.4) is 0 Å². The number of hydrogen-bond donors (Lipinski definition) is 1. The van der Waals surface area contributed by atoms with Gasteiger partial charge in [0.05, 0.1) is 12.2 Å². The summed E-state index contributed by atoms with van der Waals surface area (Å²) in [5.41, 5.74) is 0. The average molecular weight is 255 g/mol. The molecule has 106 valence electrons. The van der Waals surface area contributed by atoms with E-state index in [9.17, 15) is 0 Å². The topological polar surface area (TPSA) is 30.5 Å². The summed E-state index contributed by atoms with van der Waals surface area (Å²) < 4.78 is 11.6. The molecule has 0 aliphatic carbocycles. The smallest absolute Gasteiger partial charge is 0.0612 e. The van der Waals surface area contributed by atoms with E-state index in [2.05, 4.69) is 19.2 Å². The van der Waals surface area contributed by atoms with Gasteiger partial charge in [-0.1, -0.05) is 13.8 Å². The zero-order valence-electron chi connectivity index (χ0n) is 12.0. The molecule has 0 aromatic carbocycles. The summed E-state index contributed by atoms with van der Waals surface area (Å²) in [5, 5.41) is 3.69. The number of hydrogen-bond acceptors (Lipinski definition) is 3. The Kier molecular flexibility index (Phi) is 5.93. The van der Waals surface area contributed by atoms with E-state index in [0.29, 0.717) is 24.2 Å². The maximum Gasteiger partial charge on any atom is 0.0612 e. The molecule has 2 rings (SSSR count). The van der Waals surface area contributed by atoms with Crippen molar-refractivity contribution in [1.29, 1.82) is 0 Å². The standard InChI is InChI=1S/C15H29NO2/c1-12(2)15-11-13(7-10-18-15)16-8-6-14-5-3-4-9-17-14/h12-16H,3-11H2,1-2H3. The Morgan fingerprint density at radius 1 is 1.11 bits per heavy atom. The molecular formula is C15H29NO2. The zero-order chi connectivity index (χ0) is 12.8. The van der Waals surface area contributed by atoms with Crippen LogP contribution in [0, 0.1) is 5.92 Å². The summed E-state index contributed by atoms with van der Waals surface area (Å²) in [6.07, 6.45) is 8.30. The lowest BCUT2D eigenvalue weighted by Crippen LogP contribution is -2.41. The van der Waals surface area contributed by atoms with Crippen LogP contribution in [0.1, 0.15) is 52.4 Å². The van der Waals surface area contributed by atoms with Gasteiger partial charge in [0.25, 0.3) is 0 Å². The van der Waals surface area contributed by atoms with Crippen molar-refractivity contribution >= 4 is 0 Å². The third kappa shape index (κ3) is 4.52. The molecule has 0 saturated carbocycles. The second-order valence-corrected chi connectivity index (χ2v) is 6.11. The summed E-state index contributed by atoms with van der Waals surface area (Å²) in [4.78, 5) is 0. The highest BCUT2D eigenvalue weighted by molar-refractivity contribution is 4.79. The monoisotopic (exact) mass is 255 g/mol. The van der Waals surface area contributed by atoms with Crippen molar-refractivity contribution in [3.8, 4) is 0 Å². The predicted octanol–water partition coefficient (Wildman–Crippen LogP) is 2.74. The zero-order valence-corrected chi connectivity index (χ0v) is 12.0. The fourth-order valence-corrected chi connectivity index (χ4v) is 2.96. The van der Waals surface area contributed by atoms with E-state index >= 15 is 0 Å². The molecule has 3 unspecified atom stereocenters. The molecule has 2 heterocycles. The number of nitrogens with one attached hydrogen (secondary N) is 1. The summed E-state index contributed by atoms with van der Waals surface area (Å²) in [6.45, 7) is 7.49. The third-order valence-corrected chi connectivity index (χ3v) is 4.23. The maximum absolute atomic E-state index is 5.80. The van der Waals surface area contributed by atoms with E-state index in [1.54, 1.807) is 0 Å². The van der Waals surface area contributed by atoms with Gasteiger partial charge in [-0.3, -0.25) is 0 Å². The van der Waals surface area contributed by atoms with E-state index < -0.39 is 0 Å². The summed E-state index contributed by atoms with van der Waals surface area (Å²) in [7, 11) is 0. The van der Waals surface area contributed by atoms with Crippen molar-refractivity contribution in [3.05, 3.63) is 0 Å². The Morgan fingerprint density at radius 2 is 2.00 bits per heavy atom. The van der Waals surface area contributed by atoms with Crippen molar-refractivity contribution in [1.82, 2.24) is 5.32 Å². The molecule has 2 aliphatic heterocycles. The second kappa shape index (κ2) is 7.46. The van der Waals surface area contributed by atoms with E-state index in [1.165, 1.54) is 32.1 Å². The lowest BCUT2D eigenvalue weighted by atomic mass is 9.95. The first-order chi connectivity index (χ1) is 8.75. The van der Waals surface area contributed by atoms with E-state index in [0.717, 1.165) is 26.2 Å². The third-order valence-electron chi connectivity index (χ3n) is 4.23. The van der Waals surface area contributed by atoms with Gasteiger partial charge in [0.2, 0.25) is 0 Å². The first kappa shape index (κ1) is 14.3. The summed E-state index contributed by atoms with van der Waals surface area (Å²) in [6, 6.07) is 0.648. The minimum absolute atomic E-state index is 0.446. The maximum atomic E-state index is 5.80. The quantitative estimate of drug-likeness (QED) is 0.819. The van der Waals surface area contributed by atoms with Gasteiger partial charge < -0.3 is 14.8 Å². The molecule has 2 saturated heterocycles. The van der Waals surface area contributed by atoms with Crippen LogP contribution >= 0.6 is 0 Å². The molecule has 2 aliphatic rings. The van der Waals surface area contributed by atoms with Crippen LogP contribution in [0.2, 0.25) is 0 Å². The SMILES string of the molecule is CC(C)C1CC(NCCC2CCCCO2)CCO1. The van der Waals surface area contributed by atoms with Gasteiger partial charge in [-0.2, -0.15) is 0 Å². The largest absolute Gasteiger partial charge is 0.378 e. The minimum atomic E-state index is 0.446. The van der Waals surface area contributed by atoms with Crippen molar-refractivity contribution in [2.24, 2.45) is 5.92 Å². The average Bonchev–Trinajstić information content (AvgIpc) is 2.40. The molecule has 0 bridgehead atoms. The first-order valence-electron chi connectivity index (χ1n) is 7.72. The van der Waals surface area contributed by atoms with Gasteiger partial charge in [-0.15, -0.1) is 0 Å². The Labute approximate surface area is 112 Å². The summed E-state index contributed by atoms with van der Waals surface area (Å²) in [5.74, 6) is 0.635. The van der Waals surface area contributed by atoms with Crippen LogP contribution in [0.15, 0.2) is 0 Å². The first-order valence-corrected chi connectivity index (χ1v) is 7.72. The number of rotatable bonds is 5. The lowest BCUT2D eigenvalue weighted by molar-refractivity contribution is -0.0260. The molecule has 18 heavy (non-hydrogen) atoms. The molecule has 1 N–H and O–H groups in total. The highest BCUT2D eigenvalue weighted by Crippen LogP contribution is 2.20. The molecule has 0 aromatic heterocycles. The van der Waals surface area contributed by atoms with Gasteiger partial charge in [0.15, 0.2) is 0 Å². The highest BCUT2D eigenvalue weighted by Gasteiger charge is 2.24. The van der Waals surface area contributed by atoms with Crippen LogP contribution in [0.5, 0.6) is 0 Å². The second-order valence-electron chi connectivity index (χ2n) is 6.11. The van der Waals surface area contributed by atoms with Crippen LogP contribution < -0.4 is 5.32 Å². The van der Waals surface area contributed by atoms with E-state index in [4.69, 9.17) is 9.47 Å². The minimum Gasteiger partial charge on any atom is -0.378 e. The molecular weight excluding hydrogens is 226 g/mol. The Bertz CT molecular complexity index is 227. The molecule has 3 heteroatoms. The van der Waals surface area contributed by atoms with Crippen molar-refractivity contribution in [2.75, 3.05) is 19.8 Å². The van der Waals surface area contributed by atoms with Gasteiger partial charge in [0.1, 0.15) is 0 Å². The molecule has 2 fully saturated rings. The van der Waals surface area contributed by atoms with Gasteiger partial charge >= 0.3 is 0 Å². The van der Waals surface area contributed by atoms with Crippen LogP contribution in [0.4, 0.5) is 0 Å². The van der Waals surface area contributed by atoms with Crippen LogP contribution in [0.25, 0.3) is 0 Å².